The Balaban J connectivity index is 1.45. The summed E-state index contributed by atoms with van der Waals surface area (Å²) in [5.74, 6) is 0.217. The van der Waals surface area contributed by atoms with Crippen LogP contribution in [0.5, 0.6) is 0 Å². The lowest BCUT2D eigenvalue weighted by atomic mass is 10.1. The van der Waals surface area contributed by atoms with Crippen molar-refractivity contribution in [2.45, 2.75) is 58.5 Å². The number of amides is 3. The van der Waals surface area contributed by atoms with E-state index in [0.29, 0.717) is 24.6 Å². The van der Waals surface area contributed by atoms with Crippen molar-refractivity contribution >= 4 is 28.4 Å². The molecule has 150 valence electrons. The zero-order valence-electron chi connectivity index (χ0n) is 16.2. The molecule has 2 heterocycles. The summed E-state index contributed by atoms with van der Waals surface area (Å²) in [6, 6.07) is 7.67. The zero-order valence-corrected chi connectivity index (χ0v) is 17.1. The molecule has 28 heavy (non-hydrogen) atoms. The Kier molecular flexibility index (Phi) is 7.36. The van der Waals surface area contributed by atoms with Crippen LogP contribution in [-0.4, -0.2) is 33.6 Å². The van der Waals surface area contributed by atoms with E-state index in [4.69, 9.17) is 0 Å². The molecule has 1 aromatic carbocycles. The first-order valence-corrected chi connectivity index (χ1v) is 10.7. The van der Waals surface area contributed by atoms with E-state index in [1.54, 1.807) is 0 Å². The van der Waals surface area contributed by atoms with E-state index in [9.17, 15) is 9.59 Å². The molecule has 0 aliphatic carbocycles. The van der Waals surface area contributed by atoms with Gasteiger partial charge in [-0.15, -0.1) is 10.2 Å². The summed E-state index contributed by atoms with van der Waals surface area (Å²) in [5.41, 5.74) is 2.08. The Morgan fingerprint density at radius 1 is 1.25 bits per heavy atom. The second kappa shape index (κ2) is 10.2. The number of aryl methyl sites for hydroxylation is 1. The number of benzene rings is 1. The number of nitrogens with one attached hydrogen (secondary N) is 2. The standard InChI is InChI=1S/C20H27N5O2S/c1-2-3-4-9-17-23-24-20(28-17)22-19(27)21-13-15-7-5-8-16(12-15)14-25-11-6-10-18(25)26/h5,7-8,12H,2-4,6,9-11,13-14H2,1H3,(H2,21,22,24,27). The number of carbonyl (C=O) groups is 2. The van der Waals surface area contributed by atoms with E-state index in [1.807, 2.05) is 29.2 Å². The normalized spacial score (nSPS) is 13.8. The fourth-order valence-electron chi connectivity index (χ4n) is 3.18. The number of anilines is 1. The molecule has 1 saturated heterocycles. The van der Waals surface area contributed by atoms with Crippen LogP contribution in [0, 0.1) is 0 Å². The topological polar surface area (TPSA) is 87.2 Å². The summed E-state index contributed by atoms with van der Waals surface area (Å²) >= 11 is 1.42. The van der Waals surface area contributed by atoms with E-state index in [-0.39, 0.29) is 11.9 Å². The number of likely N-dealkylation sites (tertiary alicyclic amines) is 1. The SMILES string of the molecule is CCCCCc1nnc(NC(=O)NCc2cccc(CN3CCCC3=O)c2)s1. The maximum Gasteiger partial charge on any atom is 0.321 e. The van der Waals surface area contributed by atoms with E-state index in [0.717, 1.165) is 41.9 Å². The highest BCUT2D eigenvalue weighted by atomic mass is 32.1. The van der Waals surface area contributed by atoms with Crippen molar-refractivity contribution < 1.29 is 9.59 Å². The van der Waals surface area contributed by atoms with Gasteiger partial charge in [0.2, 0.25) is 11.0 Å². The van der Waals surface area contributed by atoms with Crippen LogP contribution in [0.4, 0.5) is 9.93 Å². The molecule has 1 aliphatic rings. The fourth-order valence-corrected chi connectivity index (χ4v) is 3.96. The Morgan fingerprint density at radius 2 is 2.11 bits per heavy atom. The first-order valence-electron chi connectivity index (χ1n) is 9.87. The molecule has 2 aromatic rings. The summed E-state index contributed by atoms with van der Waals surface area (Å²) in [5, 5.41) is 15.2. The number of aromatic nitrogens is 2. The second-order valence-corrected chi connectivity index (χ2v) is 8.07. The van der Waals surface area contributed by atoms with Crippen molar-refractivity contribution in [1.82, 2.24) is 20.4 Å². The van der Waals surface area contributed by atoms with Crippen LogP contribution in [0.2, 0.25) is 0 Å². The Hall–Kier alpha value is -2.48. The van der Waals surface area contributed by atoms with Crippen molar-refractivity contribution in [2.24, 2.45) is 0 Å². The minimum Gasteiger partial charge on any atom is -0.338 e. The van der Waals surface area contributed by atoms with Crippen molar-refractivity contribution in [3.05, 3.63) is 40.4 Å². The van der Waals surface area contributed by atoms with Gasteiger partial charge in [-0.05, 0) is 24.0 Å². The van der Waals surface area contributed by atoms with Crippen LogP contribution in [0.1, 0.15) is 55.2 Å². The average Bonchev–Trinajstić information content (AvgIpc) is 3.30. The summed E-state index contributed by atoms with van der Waals surface area (Å²) in [6.45, 7) is 4.03. The highest BCUT2D eigenvalue weighted by Crippen LogP contribution is 2.18. The number of unbranched alkanes of at least 4 members (excludes halogenated alkanes) is 2. The van der Waals surface area contributed by atoms with E-state index < -0.39 is 0 Å². The van der Waals surface area contributed by atoms with Crippen LogP contribution in [-0.2, 0) is 24.3 Å². The summed E-state index contributed by atoms with van der Waals surface area (Å²) in [6.07, 6.45) is 5.92. The van der Waals surface area contributed by atoms with Crippen molar-refractivity contribution in [3.63, 3.8) is 0 Å². The van der Waals surface area contributed by atoms with Crippen LogP contribution in [0.15, 0.2) is 24.3 Å². The molecule has 0 bridgehead atoms. The Bertz CT molecular complexity index is 807. The third-order valence-corrected chi connectivity index (χ3v) is 5.57. The van der Waals surface area contributed by atoms with Gasteiger partial charge in [-0.1, -0.05) is 55.4 Å². The predicted molar refractivity (Wildman–Crippen MR) is 110 cm³/mol. The number of hydrogen-bond acceptors (Lipinski definition) is 5. The molecule has 0 spiro atoms. The molecule has 7 nitrogen and oxygen atoms in total. The lowest BCUT2D eigenvalue weighted by Crippen LogP contribution is -2.28. The van der Waals surface area contributed by atoms with Gasteiger partial charge in [0.05, 0.1) is 0 Å². The van der Waals surface area contributed by atoms with Crippen molar-refractivity contribution in [3.8, 4) is 0 Å². The molecular weight excluding hydrogens is 374 g/mol. The van der Waals surface area contributed by atoms with Gasteiger partial charge in [0.25, 0.3) is 0 Å². The maximum absolute atomic E-state index is 12.1. The highest BCUT2D eigenvalue weighted by Gasteiger charge is 2.19. The summed E-state index contributed by atoms with van der Waals surface area (Å²) < 4.78 is 0. The second-order valence-electron chi connectivity index (χ2n) is 7.00. The van der Waals surface area contributed by atoms with Crippen molar-refractivity contribution in [2.75, 3.05) is 11.9 Å². The number of hydrogen-bond donors (Lipinski definition) is 2. The first-order chi connectivity index (χ1) is 13.6. The molecule has 2 N–H and O–H groups in total. The number of nitrogens with zero attached hydrogens (tertiary/aromatic N) is 3. The highest BCUT2D eigenvalue weighted by molar-refractivity contribution is 7.15. The van der Waals surface area contributed by atoms with Gasteiger partial charge in [-0.25, -0.2) is 4.79 Å². The third kappa shape index (κ3) is 6.02. The van der Waals surface area contributed by atoms with Gasteiger partial charge < -0.3 is 10.2 Å². The smallest absolute Gasteiger partial charge is 0.321 e. The fraction of sp³-hybridized carbons (Fsp3) is 0.500. The lowest BCUT2D eigenvalue weighted by Gasteiger charge is -2.16. The zero-order chi connectivity index (χ0) is 19.8. The van der Waals surface area contributed by atoms with Crippen molar-refractivity contribution in [1.29, 1.82) is 0 Å². The molecule has 1 aromatic heterocycles. The molecule has 0 atom stereocenters. The van der Waals surface area contributed by atoms with Gasteiger partial charge in [0, 0.05) is 32.5 Å². The maximum atomic E-state index is 12.1. The third-order valence-electron chi connectivity index (χ3n) is 4.67. The van der Waals surface area contributed by atoms with Gasteiger partial charge in [-0.3, -0.25) is 10.1 Å². The van der Waals surface area contributed by atoms with Gasteiger partial charge >= 0.3 is 6.03 Å². The minimum absolute atomic E-state index is 0.217. The molecule has 3 amide bonds. The van der Waals surface area contributed by atoms with Crippen LogP contribution >= 0.6 is 11.3 Å². The summed E-state index contributed by atoms with van der Waals surface area (Å²) in [4.78, 5) is 25.8. The molecule has 8 heteroatoms. The average molecular weight is 402 g/mol. The van der Waals surface area contributed by atoms with Crippen LogP contribution in [0.25, 0.3) is 0 Å². The van der Waals surface area contributed by atoms with Crippen LogP contribution in [0.3, 0.4) is 0 Å². The Labute approximate surface area is 169 Å². The molecule has 3 rings (SSSR count). The van der Waals surface area contributed by atoms with Gasteiger partial charge in [0.15, 0.2) is 0 Å². The first kappa shape index (κ1) is 20.3. The van der Waals surface area contributed by atoms with E-state index >= 15 is 0 Å². The summed E-state index contributed by atoms with van der Waals surface area (Å²) in [7, 11) is 0. The van der Waals surface area contributed by atoms with E-state index in [1.165, 1.54) is 24.2 Å². The van der Waals surface area contributed by atoms with E-state index in [2.05, 4.69) is 27.8 Å². The molecule has 0 saturated carbocycles. The van der Waals surface area contributed by atoms with Gasteiger partial charge in [0.1, 0.15) is 5.01 Å². The quantitative estimate of drug-likeness (QED) is 0.627. The minimum atomic E-state index is -0.295. The van der Waals surface area contributed by atoms with Crippen LogP contribution < -0.4 is 10.6 Å². The predicted octanol–water partition coefficient (Wildman–Crippen LogP) is 3.71. The number of carbonyl (C=O) groups excluding carboxylic acids is 2. The molecule has 0 unspecified atom stereocenters. The number of urea groups is 1. The molecule has 0 radical (unpaired) electrons. The molecular formula is C20H27N5O2S. The number of rotatable bonds is 9. The largest absolute Gasteiger partial charge is 0.338 e. The monoisotopic (exact) mass is 401 g/mol. The molecule has 1 fully saturated rings. The van der Waals surface area contributed by atoms with Gasteiger partial charge in [-0.2, -0.15) is 0 Å². The lowest BCUT2D eigenvalue weighted by molar-refractivity contribution is -0.128. The molecule has 1 aliphatic heterocycles. The Morgan fingerprint density at radius 3 is 2.89 bits per heavy atom.